The molecule has 0 heterocycles. The Bertz CT molecular complexity index is 1190. The molecular weight excluding hydrogens is 421 g/mol. The Hall–Kier alpha value is -2.93. The molecular formula is C30H32NOP. The van der Waals surface area contributed by atoms with Gasteiger partial charge >= 0.3 is 0 Å². The van der Waals surface area contributed by atoms with Gasteiger partial charge in [-0.15, -0.1) is 0 Å². The molecule has 0 amide bonds. The molecule has 2 unspecified atom stereocenters. The highest BCUT2D eigenvalue weighted by atomic mass is 31.1. The normalized spacial score (nSPS) is 12.5. The van der Waals surface area contributed by atoms with Crippen molar-refractivity contribution in [2.45, 2.75) is 25.5 Å². The van der Waals surface area contributed by atoms with Crippen molar-refractivity contribution in [2.75, 3.05) is 14.1 Å². The van der Waals surface area contributed by atoms with Crippen LogP contribution in [0.15, 0.2) is 97.1 Å². The maximum atomic E-state index is 11.5. The van der Waals surface area contributed by atoms with Crippen molar-refractivity contribution in [1.29, 1.82) is 0 Å². The molecule has 168 valence electrons. The minimum absolute atomic E-state index is 0.249. The molecule has 0 radical (unpaired) electrons. The van der Waals surface area contributed by atoms with E-state index in [4.69, 9.17) is 0 Å². The number of rotatable bonds is 8. The van der Waals surface area contributed by atoms with Crippen molar-refractivity contribution in [3.8, 4) is 28.0 Å². The molecule has 4 aromatic carbocycles. The fraction of sp³-hybridized carbons (Fsp3) is 0.200. The van der Waals surface area contributed by atoms with E-state index in [0.717, 1.165) is 35.2 Å². The minimum Gasteiger partial charge on any atom is -0.507 e. The second kappa shape index (κ2) is 10.8. The zero-order chi connectivity index (χ0) is 23.2. The maximum absolute atomic E-state index is 11.5. The van der Waals surface area contributed by atoms with E-state index < -0.39 is 0 Å². The van der Waals surface area contributed by atoms with Gasteiger partial charge < -0.3 is 10.0 Å². The third-order valence-corrected chi connectivity index (χ3v) is 7.82. The summed E-state index contributed by atoms with van der Waals surface area (Å²) in [4.78, 5) is 2.21. The smallest absolute Gasteiger partial charge is 0.127 e. The highest BCUT2D eigenvalue weighted by molar-refractivity contribution is 7.47. The third kappa shape index (κ3) is 5.53. The number of hydrogen-bond donors (Lipinski definition) is 1. The monoisotopic (exact) mass is 453 g/mol. The second-order valence-electron chi connectivity index (χ2n) is 8.69. The Labute approximate surface area is 199 Å². The average molecular weight is 454 g/mol. The number of phenolic OH excluding ortho intramolecular Hbond substituents is 1. The average Bonchev–Trinajstić information content (AvgIpc) is 2.84. The van der Waals surface area contributed by atoms with Crippen molar-refractivity contribution in [3.05, 3.63) is 108 Å². The minimum atomic E-state index is 0.249. The van der Waals surface area contributed by atoms with Crippen LogP contribution in [0.1, 0.15) is 30.1 Å². The molecule has 0 saturated heterocycles. The van der Waals surface area contributed by atoms with Crippen LogP contribution in [0.4, 0.5) is 0 Å². The largest absolute Gasteiger partial charge is 0.507 e. The summed E-state index contributed by atoms with van der Waals surface area (Å²) >= 11 is 0. The second-order valence-corrected chi connectivity index (χ2v) is 10.2. The van der Waals surface area contributed by atoms with E-state index in [-0.39, 0.29) is 5.66 Å². The van der Waals surface area contributed by atoms with Crippen LogP contribution in [0.5, 0.6) is 5.75 Å². The lowest BCUT2D eigenvalue weighted by Crippen LogP contribution is -2.16. The molecule has 0 aliphatic heterocycles. The van der Waals surface area contributed by atoms with Crippen LogP contribution in [-0.4, -0.2) is 24.1 Å². The van der Waals surface area contributed by atoms with Crippen molar-refractivity contribution in [3.63, 3.8) is 0 Å². The summed E-state index contributed by atoms with van der Waals surface area (Å²) in [5.41, 5.74) is 6.91. The van der Waals surface area contributed by atoms with E-state index in [2.05, 4.69) is 98.7 Å². The van der Waals surface area contributed by atoms with Gasteiger partial charge in [0.25, 0.3) is 0 Å². The van der Waals surface area contributed by atoms with E-state index in [1.165, 1.54) is 16.4 Å². The first-order chi connectivity index (χ1) is 16.1. The first-order valence-corrected chi connectivity index (χ1v) is 12.6. The van der Waals surface area contributed by atoms with Crippen molar-refractivity contribution in [2.24, 2.45) is 0 Å². The number of benzene rings is 4. The van der Waals surface area contributed by atoms with Crippen LogP contribution in [0, 0.1) is 0 Å². The summed E-state index contributed by atoms with van der Waals surface area (Å²) < 4.78 is 0. The van der Waals surface area contributed by atoms with Crippen LogP contribution in [0.3, 0.4) is 0 Å². The van der Waals surface area contributed by atoms with Crippen LogP contribution in [-0.2, 0) is 6.54 Å². The van der Waals surface area contributed by atoms with Crippen molar-refractivity contribution in [1.82, 2.24) is 4.90 Å². The first-order valence-electron chi connectivity index (χ1n) is 11.5. The van der Waals surface area contributed by atoms with E-state index in [0.29, 0.717) is 14.3 Å². The lowest BCUT2D eigenvalue weighted by Gasteiger charge is -2.23. The van der Waals surface area contributed by atoms with Crippen molar-refractivity contribution >= 4 is 13.9 Å². The highest BCUT2D eigenvalue weighted by Crippen LogP contribution is 2.46. The topological polar surface area (TPSA) is 23.5 Å². The Kier molecular flexibility index (Phi) is 7.60. The molecule has 0 aliphatic rings. The summed E-state index contributed by atoms with van der Waals surface area (Å²) in [5.74, 6) is 0.408. The van der Waals surface area contributed by atoms with Crippen LogP contribution in [0.2, 0.25) is 0 Å². The fourth-order valence-corrected chi connectivity index (χ4v) is 5.78. The summed E-state index contributed by atoms with van der Waals surface area (Å²) in [6.45, 7) is 3.15. The van der Waals surface area contributed by atoms with Gasteiger partial charge in [0.15, 0.2) is 0 Å². The standard InChI is InChI=1S/C30H32NOP/c1-4-28(33-29-18-12-11-17-24(29)21-31(2)3)27-20-25(22-13-7-5-8-14-22)19-26(30(27)32)23-15-9-6-10-16-23/h5-20,28,32-33H,4,21H2,1-3H3. The quantitative estimate of drug-likeness (QED) is 0.284. The van der Waals surface area contributed by atoms with Gasteiger partial charge in [0.05, 0.1) is 0 Å². The Balaban J connectivity index is 1.82. The number of nitrogens with zero attached hydrogens (tertiary/aromatic N) is 1. The molecule has 0 spiro atoms. The highest BCUT2D eigenvalue weighted by Gasteiger charge is 2.21. The summed E-state index contributed by atoms with van der Waals surface area (Å²) in [6.07, 6.45) is 0.967. The molecule has 0 bridgehead atoms. The molecule has 3 heteroatoms. The Morgan fingerprint density at radius 2 is 1.36 bits per heavy atom. The molecule has 2 atom stereocenters. The maximum Gasteiger partial charge on any atom is 0.127 e. The number of phenols is 1. The van der Waals surface area contributed by atoms with Gasteiger partial charge in [0.1, 0.15) is 5.75 Å². The number of hydrogen-bond acceptors (Lipinski definition) is 2. The molecule has 0 aliphatic carbocycles. The molecule has 0 aromatic heterocycles. The molecule has 0 saturated carbocycles. The van der Waals surface area contributed by atoms with Gasteiger partial charge in [-0.3, -0.25) is 0 Å². The molecule has 2 nitrogen and oxygen atoms in total. The summed E-state index contributed by atoms with van der Waals surface area (Å²) in [6, 6.07) is 33.7. The SMILES string of the molecule is CCC(Pc1ccccc1CN(C)C)c1cc(-c2ccccc2)cc(-c2ccccc2)c1O. The lowest BCUT2D eigenvalue weighted by molar-refractivity contribution is 0.403. The van der Waals surface area contributed by atoms with Gasteiger partial charge in [-0.2, -0.15) is 0 Å². The van der Waals surface area contributed by atoms with Gasteiger partial charge in [-0.1, -0.05) is 100 Å². The Morgan fingerprint density at radius 3 is 2.00 bits per heavy atom. The van der Waals surface area contributed by atoms with Crippen LogP contribution >= 0.6 is 8.58 Å². The first kappa shape index (κ1) is 23.2. The molecule has 1 N–H and O–H groups in total. The molecule has 33 heavy (non-hydrogen) atoms. The lowest BCUT2D eigenvalue weighted by atomic mass is 9.93. The van der Waals surface area contributed by atoms with Gasteiger partial charge in [-0.05, 0) is 60.2 Å². The molecule has 0 fully saturated rings. The third-order valence-electron chi connectivity index (χ3n) is 5.95. The van der Waals surface area contributed by atoms with Gasteiger partial charge in [0, 0.05) is 23.3 Å². The number of aromatic hydroxyl groups is 1. The van der Waals surface area contributed by atoms with Crippen molar-refractivity contribution < 1.29 is 5.11 Å². The zero-order valence-electron chi connectivity index (χ0n) is 19.6. The van der Waals surface area contributed by atoms with E-state index in [1.807, 2.05) is 24.3 Å². The van der Waals surface area contributed by atoms with E-state index in [1.54, 1.807) is 0 Å². The molecule has 4 rings (SSSR count). The van der Waals surface area contributed by atoms with Gasteiger partial charge in [0.2, 0.25) is 0 Å². The predicted molar refractivity (Wildman–Crippen MR) is 144 cm³/mol. The Morgan fingerprint density at radius 1 is 0.758 bits per heavy atom. The predicted octanol–water partition coefficient (Wildman–Crippen LogP) is 7.24. The van der Waals surface area contributed by atoms with E-state index in [9.17, 15) is 5.11 Å². The zero-order valence-corrected chi connectivity index (χ0v) is 20.6. The van der Waals surface area contributed by atoms with Gasteiger partial charge in [-0.25, -0.2) is 0 Å². The van der Waals surface area contributed by atoms with Crippen LogP contribution in [0.25, 0.3) is 22.3 Å². The van der Waals surface area contributed by atoms with Crippen LogP contribution < -0.4 is 5.30 Å². The van der Waals surface area contributed by atoms with E-state index >= 15 is 0 Å². The fourth-order valence-electron chi connectivity index (χ4n) is 4.28. The molecule has 4 aromatic rings. The summed E-state index contributed by atoms with van der Waals surface area (Å²) in [7, 11) is 4.81. The summed E-state index contributed by atoms with van der Waals surface area (Å²) in [5, 5.41) is 12.9.